The van der Waals surface area contributed by atoms with Gasteiger partial charge in [-0.3, -0.25) is 4.79 Å². The molecular formula is C22H29N3O. The molecule has 138 valence electrons. The zero-order valence-electron chi connectivity index (χ0n) is 16.0. The zero-order valence-corrected chi connectivity index (χ0v) is 16.0. The smallest absolute Gasteiger partial charge is 0.257 e. The Balaban J connectivity index is 1.70. The molecule has 0 bridgehead atoms. The Labute approximate surface area is 156 Å². The highest BCUT2D eigenvalue weighted by Crippen LogP contribution is 2.38. The Morgan fingerprint density at radius 1 is 1.08 bits per heavy atom. The van der Waals surface area contributed by atoms with Gasteiger partial charge in [0.05, 0.1) is 5.56 Å². The first-order valence-electron chi connectivity index (χ1n) is 9.33. The van der Waals surface area contributed by atoms with E-state index in [1.54, 1.807) is 12.1 Å². The summed E-state index contributed by atoms with van der Waals surface area (Å²) in [6, 6.07) is 15.4. The fourth-order valence-corrected chi connectivity index (χ4v) is 3.85. The molecule has 1 saturated heterocycles. The van der Waals surface area contributed by atoms with Crippen molar-refractivity contribution in [2.45, 2.75) is 32.1 Å². The Hall–Kier alpha value is -2.33. The van der Waals surface area contributed by atoms with Crippen molar-refractivity contribution in [1.29, 1.82) is 0 Å². The quantitative estimate of drug-likeness (QED) is 0.814. The van der Waals surface area contributed by atoms with Crippen LogP contribution >= 0.6 is 0 Å². The highest BCUT2D eigenvalue weighted by atomic mass is 16.1. The number of piperidine rings is 1. The third-order valence-corrected chi connectivity index (χ3v) is 5.83. The number of nitrogen functional groups attached to an aromatic ring is 1. The number of nitrogens with one attached hydrogen (secondary N) is 1. The second-order valence-electron chi connectivity index (χ2n) is 7.92. The normalized spacial score (nSPS) is 16.4. The number of amides is 1. The maximum Gasteiger partial charge on any atom is 0.257 e. The molecule has 1 aliphatic heterocycles. The molecule has 1 amide bonds. The third kappa shape index (κ3) is 3.91. The summed E-state index contributed by atoms with van der Waals surface area (Å²) in [5.74, 6) is 0.508. The monoisotopic (exact) mass is 351 g/mol. The summed E-state index contributed by atoms with van der Waals surface area (Å²) in [4.78, 5) is 14.8. The van der Waals surface area contributed by atoms with E-state index in [2.05, 4.69) is 43.2 Å². The molecule has 3 N–H and O–H groups in total. The van der Waals surface area contributed by atoms with Crippen molar-refractivity contribution in [1.82, 2.24) is 4.90 Å². The predicted octanol–water partition coefficient (Wildman–Crippen LogP) is 4.14. The van der Waals surface area contributed by atoms with Gasteiger partial charge in [-0.05, 0) is 74.1 Å². The lowest BCUT2D eigenvalue weighted by molar-refractivity contribution is 0.102. The minimum Gasteiger partial charge on any atom is -0.398 e. The van der Waals surface area contributed by atoms with Gasteiger partial charge in [-0.2, -0.15) is 0 Å². The van der Waals surface area contributed by atoms with E-state index in [0.717, 1.165) is 5.69 Å². The number of rotatable bonds is 4. The molecule has 4 heteroatoms. The summed E-state index contributed by atoms with van der Waals surface area (Å²) in [6.07, 6.45) is 2.46. The fourth-order valence-electron chi connectivity index (χ4n) is 3.85. The summed E-state index contributed by atoms with van der Waals surface area (Å²) < 4.78 is 0. The molecule has 1 aliphatic rings. The molecule has 2 aromatic rings. The van der Waals surface area contributed by atoms with E-state index < -0.39 is 0 Å². The topological polar surface area (TPSA) is 58.4 Å². The molecule has 1 heterocycles. The van der Waals surface area contributed by atoms with Crippen molar-refractivity contribution in [3.8, 4) is 0 Å². The summed E-state index contributed by atoms with van der Waals surface area (Å²) in [6.45, 7) is 7.00. The molecule has 0 radical (unpaired) electrons. The molecule has 2 aromatic carbocycles. The first kappa shape index (κ1) is 18.5. The molecule has 0 spiro atoms. The number of benzene rings is 2. The molecule has 3 rings (SSSR count). The van der Waals surface area contributed by atoms with E-state index in [1.807, 2.05) is 24.3 Å². The average Bonchev–Trinajstić information content (AvgIpc) is 2.63. The highest BCUT2D eigenvalue weighted by Gasteiger charge is 2.33. The Morgan fingerprint density at radius 2 is 1.69 bits per heavy atom. The molecule has 0 saturated carbocycles. The van der Waals surface area contributed by atoms with Crippen LogP contribution in [0.5, 0.6) is 0 Å². The fraction of sp³-hybridized carbons (Fsp3) is 0.409. The number of likely N-dealkylation sites (tertiary alicyclic amines) is 1. The molecule has 0 unspecified atom stereocenters. The summed E-state index contributed by atoms with van der Waals surface area (Å²) in [5, 5.41) is 2.94. The van der Waals surface area contributed by atoms with Gasteiger partial charge in [0.2, 0.25) is 0 Å². The van der Waals surface area contributed by atoms with Crippen LogP contribution in [-0.2, 0) is 5.41 Å². The number of nitrogens with zero attached hydrogens (tertiary/aromatic N) is 1. The second kappa shape index (κ2) is 7.50. The lowest BCUT2D eigenvalue weighted by atomic mass is 9.69. The van der Waals surface area contributed by atoms with E-state index in [-0.39, 0.29) is 11.3 Å². The van der Waals surface area contributed by atoms with Gasteiger partial charge in [-0.1, -0.05) is 38.1 Å². The van der Waals surface area contributed by atoms with Crippen LogP contribution in [0.4, 0.5) is 11.4 Å². The van der Waals surface area contributed by atoms with Crippen LogP contribution in [-0.4, -0.2) is 30.9 Å². The van der Waals surface area contributed by atoms with Crippen LogP contribution in [0.2, 0.25) is 0 Å². The number of carbonyl (C=O) groups excluding carboxylic acids is 1. The van der Waals surface area contributed by atoms with Gasteiger partial charge >= 0.3 is 0 Å². The van der Waals surface area contributed by atoms with Crippen molar-refractivity contribution in [3.05, 3.63) is 59.7 Å². The third-order valence-electron chi connectivity index (χ3n) is 5.83. The summed E-state index contributed by atoms with van der Waals surface area (Å²) in [7, 11) is 2.19. The van der Waals surface area contributed by atoms with Crippen molar-refractivity contribution in [2.24, 2.45) is 5.92 Å². The lowest BCUT2D eigenvalue weighted by Crippen LogP contribution is -2.39. The largest absolute Gasteiger partial charge is 0.398 e. The minimum atomic E-state index is -0.176. The zero-order chi connectivity index (χ0) is 18.7. The average molecular weight is 351 g/mol. The van der Waals surface area contributed by atoms with Crippen LogP contribution in [0.3, 0.4) is 0 Å². The number of carbonyl (C=O) groups is 1. The van der Waals surface area contributed by atoms with Gasteiger partial charge < -0.3 is 16.0 Å². The number of para-hydroxylation sites is 1. The van der Waals surface area contributed by atoms with Crippen LogP contribution in [0.15, 0.2) is 48.5 Å². The lowest BCUT2D eigenvalue weighted by Gasteiger charge is -2.40. The molecule has 1 fully saturated rings. The molecular weight excluding hydrogens is 322 g/mol. The van der Waals surface area contributed by atoms with Gasteiger partial charge in [0, 0.05) is 11.4 Å². The molecule has 0 aliphatic carbocycles. The van der Waals surface area contributed by atoms with Crippen molar-refractivity contribution < 1.29 is 4.79 Å². The number of nitrogens with two attached hydrogens (primary N) is 1. The van der Waals surface area contributed by atoms with Gasteiger partial charge in [0.25, 0.3) is 5.91 Å². The second-order valence-corrected chi connectivity index (χ2v) is 7.92. The first-order valence-corrected chi connectivity index (χ1v) is 9.33. The van der Waals surface area contributed by atoms with E-state index in [1.165, 1.54) is 31.5 Å². The van der Waals surface area contributed by atoms with Crippen LogP contribution in [0.1, 0.15) is 42.6 Å². The van der Waals surface area contributed by atoms with Crippen molar-refractivity contribution >= 4 is 17.3 Å². The minimum absolute atomic E-state index is 0.133. The standard InChI is InChI=1S/C22H29N3O/c1-22(2,17-12-14-25(3)15-13-17)16-8-10-18(11-9-16)24-21(26)19-6-4-5-7-20(19)23/h4-11,17H,12-15,23H2,1-3H3,(H,24,26). The Kier molecular flexibility index (Phi) is 5.33. The SMILES string of the molecule is CN1CCC(C(C)(C)c2ccc(NC(=O)c3ccccc3N)cc2)CC1. The molecule has 26 heavy (non-hydrogen) atoms. The maximum atomic E-state index is 12.4. The van der Waals surface area contributed by atoms with Gasteiger partial charge in [-0.25, -0.2) is 0 Å². The Bertz CT molecular complexity index is 759. The van der Waals surface area contributed by atoms with Crippen LogP contribution in [0.25, 0.3) is 0 Å². The highest BCUT2D eigenvalue weighted by molar-refractivity contribution is 6.07. The van der Waals surface area contributed by atoms with E-state index in [0.29, 0.717) is 17.2 Å². The van der Waals surface area contributed by atoms with Crippen molar-refractivity contribution in [3.63, 3.8) is 0 Å². The summed E-state index contributed by atoms with van der Waals surface area (Å²) >= 11 is 0. The molecule has 0 aromatic heterocycles. The van der Waals surface area contributed by atoms with Gasteiger partial charge in [0.15, 0.2) is 0 Å². The number of anilines is 2. The predicted molar refractivity (Wildman–Crippen MR) is 108 cm³/mol. The van der Waals surface area contributed by atoms with Crippen molar-refractivity contribution in [2.75, 3.05) is 31.2 Å². The van der Waals surface area contributed by atoms with E-state index in [4.69, 9.17) is 5.73 Å². The van der Waals surface area contributed by atoms with Gasteiger partial charge in [-0.15, -0.1) is 0 Å². The number of hydrogen-bond acceptors (Lipinski definition) is 3. The first-order chi connectivity index (χ1) is 12.4. The maximum absolute atomic E-state index is 12.4. The van der Waals surface area contributed by atoms with Crippen LogP contribution < -0.4 is 11.1 Å². The van der Waals surface area contributed by atoms with E-state index in [9.17, 15) is 4.79 Å². The summed E-state index contributed by atoms with van der Waals surface area (Å²) in [5.41, 5.74) is 9.13. The molecule has 0 atom stereocenters. The van der Waals surface area contributed by atoms with Gasteiger partial charge in [0.1, 0.15) is 0 Å². The molecule has 4 nitrogen and oxygen atoms in total. The Morgan fingerprint density at radius 3 is 2.31 bits per heavy atom. The number of hydrogen-bond donors (Lipinski definition) is 2. The van der Waals surface area contributed by atoms with E-state index >= 15 is 0 Å². The van der Waals surface area contributed by atoms with Crippen LogP contribution in [0, 0.1) is 5.92 Å².